The van der Waals surface area contributed by atoms with E-state index in [9.17, 15) is 13.7 Å². The van der Waals surface area contributed by atoms with Crippen molar-refractivity contribution in [1.29, 1.82) is 5.26 Å². The standard InChI is InChI=1S/C22H27N3O3S/c1-16(2)24-7-9-25(10-8-24)29(26,27)22-14-19(15-23)5-6-21(22)28-20-12-17(3)11-18(4)13-20/h5-6,11-14,16H,7-10H2,1-4H3. The smallest absolute Gasteiger partial charge is 0.246 e. The first-order valence-electron chi connectivity index (χ1n) is 9.75. The van der Waals surface area contributed by atoms with Crippen LogP contribution in [0.3, 0.4) is 0 Å². The van der Waals surface area contributed by atoms with E-state index < -0.39 is 10.0 Å². The van der Waals surface area contributed by atoms with Gasteiger partial charge in [-0.15, -0.1) is 0 Å². The van der Waals surface area contributed by atoms with E-state index in [0.29, 0.717) is 38.0 Å². The van der Waals surface area contributed by atoms with Gasteiger partial charge in [-0.3, -0.25) is 4.90 Å². The Morgan fingerprint density at radius 3 is 2.17 bits per heavy atom. The van der Waals surface area contributed by atoms with Gasteiger partial charge in [0.15, 0.2) is 0 Å². The van der Waals surface area contributed by atoms with Crippen molar-refractivity contribution in [3.8, 4) is 17.6 Å². The lowest BCUT2D eigenvalue weighted by Crippen LogP contribution is -2.50. The predicted molar refractivity (Wildman–Crippen MR) is 113 cm³/mol. The molecule has 0 atom stereocenters. The van der Waals surface area contributed by atoms with Crippen LogP contribution in [0, 0.1) is 25.2 Å². The van der Waals surface area contributed by atoms with Crippen LogP contribution in [0.2, 0.25) is 0 Å². The zero-order valence-electron chi connectivity index (χ0n) is 17.3. The molecule has 0 unspecified atom stereocenters. The second kappa shape index (κ2) is 8.54. The third-order valence-electron chi connectivity index (χ3n) is 5.12. The van der Waals surface area contributed by atoms with E-state index in [1.165, 1.54) is 10.4 Å². The molecule has 0 aliphatic carbocycles. The third kappa shape index (κ3) is 4.78. The molecule has 1 aliphatic rings. The number of benzene rings is 2. The second-order valence-corrected chi connectivity index (χ2v) is 9.64. The van der Waals surface area contributed by atoms with E-state index in [2.05, 4.69) is 18.7 Å². The summed E-state index contributed by atoms with van der Waals surface area (Å²) in [7, 11) is -3.78. The number of ether oxygens (including phenoxy) is 1. The molecule has 1 heterocycles. The minimum atomic E-state index is -3.78. The lowest BCUT2D eigenvalue weighted by Gasteiger charge is -2.36. The molecule has 3 rings (SSSR count). The van der Waals surface area contributed by atoms with Crippen molar-refractivity contribution in [1.82, 2.24) is 9.21 Å². The van der Waals surface area contributed by atoms with Gasteiger partial charge < -0.3 is 4.74 Å². The van der Waals surface area contributed by atoms with Crippen LogP contribution in [0.1, 0.15) is 30.5 Å². The molecule has 29 heavy (non-hydrogen) atoms. The fourth-order valence-electron chi connectivity index (χ4n) is 3.58. The third-order valence-corrected chi connectivity index (χ3v) is 7.04. The van der Waals surface area contributed by atoms with Crippen molar-refractivity contribution in [2.75, 3.05) is 26.2 Å². The largest absolute Gasteiger partial charge is 0.456 e. The lowest BCUT2D eigenvalue weighted by atomic mass is 10.1. The van der Waals surface area contributed by atoms with Crippen molar-refractivity contribution in [3.63, 3.8) is 0 Å². The summed E-state index contributed by atoms with van der Waals surface area (Å²) in [6.07, 6.45) is 0. The van der Waals surface area contributed by atoms with Crippen molar-refractivity contribution in [2.24, 2.45) is 0 Å². The molecule has 1 fully saturated rings. The Hall–Kier alpha value is -2.40. The number of aryl methyl sites for hydroxylation is 2. The highest BCUT2D eigenvalue weighted by atomic mass is 32.2. The number of piperazine rings is 1. The summed E-state index contributed by atoms with van der Waals surface area (Å²) in [6, 6.07) is 12.7. The Bertz CT molecular complexity index is 1010. The van der Waals surface area contributed by atoms with Gasteiger partial charge in [-0.1, -0.05) is 6.07 Å². The zero-order valence-corrected chi connectivity index (χ0v) is 18.2. The zero-order chi connectivity index (χ0) is 21.2. The first kappa shape index (κ1) is 21.3. The molecule has 2 aromatic carbocycles. The number of nitriles is 1. The van der Waals surface area contributed by atoms with Gasteiger partial charge in [-0.2, -0.15) is 9.57 Å². The fourth-order valence-corrected chi connectivity index (χ4v) is 5.14. The van der Waals surface area contributed by atoms with Gasteiger partial charge in [0, 0.05) is 32.2 Å². The van der Waals surface area contributed by atoms with E-state index in [0.717, 1.165) is 11.1 Å². The maximum atomic E-state index is 13.4. The van der Waals surface area contributed by atoms with Crippen molar-refractivity contribution >= 4 is 10.0 Å². The quantitative estimate of drug-likeness (QED) is 0.748. The first-order chi connectivity index (χ1) is 13.7. The second-order valence-electron chi connectivity index (χ2n) is 7.73. The van der Waals surface area contributed by atoms with Gasteiger partial charge in [0.25, 0.3) is 0 Å². The van der Waals surface area contributed by atoms with Crippen LogP contribution in [0.4, 0.5) is 0 Å². The van der Waals surface area contributed by atoms with Crippen molar-refractivity contribution in [2.45, 2.75) is 38.6 Å². The Labute approximate surface area is 173 Å². The Morgan fingerprint density at radius 1 is 1.00 bits per heavy atom. The lowest BCUT2D eigenvalue weighted by molar-refractivity contribution is 0.154. The van der Waals surface area contributed by atoms with Crippen LogP contribution < -0.4 is 4.74 Å². The molecule has 0 amide bonds. The summed E-state index contributed by atoms with van der Waals surface area (Å²) in [5.74, 6) is 0.813. The molecule has 0 radical (unpaired) electrons. The van der Waals surface area contributed by atoms with Crippen molar-refractivity contribution in [3.05, 3.63) is 53.1 Å². The summed E-state index contributed by atoms with van der Waals surface area (Å²) in [5, 5.41) is 9.28. The number of rotatable bonds is 5. The highest BCUT2D eigenvalue weighted by Crippen LogP contribution is 2.33. The predicted octanol–water partition coefficient (Wildman–Crippen LogP) is 3.68. The van der Waals surface area contributed by atoms with Crippen LogP contribution >= 0.6 is 0 Å². The number of hydrogen-bond donors (Lipinski definition) is 0. The van der Waals surface area contributed by atoms with Crippen LogP contribution in [0.25, 0.3) is 0 Å². The van der Waals surface area contributed by atoms with Crippen LogP contribution in [0.5, 0.6) is 11.5 Å². The summed E-state index contributed by atoms with van der Waals surface area (Å²) < 4.78 is 34.3. The van der Waals surface area contributed by atoms with Crippen LogP contribution in [-0.2, 0) is 10.0 Å². The molecule has 1 saturated heterocycles. The van der Waals surface area contributed by atoms with Crippen LogP contribution in [-0.4, -0.2) is 49.8 Å². The average molecular weight is 414 g/mol. The minimum absolute atomic E-state index is 0.0358. The molecule has 1 aliphatic heterocycles. The Balaban J connectivity index is 1.96. The van der Waals surface area contributed by atoms with Crippen LogP contribution in [0.15, 0.2) is 41.3 Å². The van der Waals surface area contributed by atoms with Gasteiger partial charge in [-0.25, -0.2) is 8.42 Å². The van der Waals surface area contributed by atoms with Gasteiger partial charge >= 0.3 is 0 Å². The summed E-state index contributed by atoms with van der Waals surface area (Å²) in [6.45, 7) is 10.3. The monoisotopic (exact) mass is 413 g/mol. The Kier molecular flexibility index (Phi) is 6.27. The molecule has 0 bridgehead atoms. The molecule has 0 aromatic heterocycles. The van der Waals surface area contributed by atoms with E-state index >= 15 is 0 Å². The van der Waals surface area contributed by atoms with E-state index in [4.69, 9.17) is 4.74 Å². The molecule has 0 saturated carbocycles. The molecule has 7 heteroatoms. The summed E-state index contributed by atoms with van der Waals surface area (Å²) in [5.41, 5.74) is 2.35. The molecular formula is C22H27N3O3S. The van der Waals surface area contributed by atoms with Gasteiger partial charge in [0.1, 0.15) is 16.4 Å². The molecule has 6 nitrogen and oxygen atoms in total. The summed E-state index contributed by atoms with van der Waals surface area (Å²) >= 11 is 0. The topological polar surface area (TPSA) is 73.6 Å². The number of nitrogens with zero attached hydrogens (tertiary/aromatic N) is 3. The number of hydrogen-bond acceptors (Lipinski definition) is 5. The highest BCUT2D eigenvalue weighted by Gasteiger charge is 2.32. The minimum Gasteiger partial charge on any atom is -0.456 e. The highest BCUT2D eigenvalue weighted by molar-refractivity contribution is 7.89. The van der Waals surface area contributed by atoms with Gasteiger partial charge in [0.05, 0.1) is 11.6 Å². The summed E-state index contributed by atoms with van der Waals surface area (Å²) in [4.78, 5) is 2.29. The molecule has 0 spiro atoms. The molecule has 2 aromatic rings. The number of sulfonamides is 1. The molecular weight excluding hydrogens is 386 g/mol. The first-order valence-corrected chi connectivity index (χ1v) is 11.2. The van der Waals surface area contributed by atoms with E-state index in [1.807, 2.05) is 38.1 Å². The van der Waals surface area contributed by atoms with Gasteiger partial charge in [-0.05, 0) is 69.2 Å². The normalized spacial score (nSPS) is 16.0. The SMILES string of the molecule is Cc1cc(C)cc(Oc2ccc(C#N)cc2S(=O)(=O)N2CCN(C(C)C)CC2)c1. The van der Waals surface area contributed by atoms with E-state index in [1.54, 1.807) is 12.1 Å². The average Bonchev–Trinajstić information content (AvgIpc) is 2.67. The maximum Gasteiger partial charge on any atom is 0.246 e. The molecule has 0 N–H and O–H groups in total. The van der Waals surface area contributed by atoms with E-state index in [-0.39, 0.29) is 16.2 Å². The fraction of sp³-hybridized carbons (Fsp3) is 0.409. The Morgan fingerprint density at radius 2 is 1.62 bits per heavy atom. The maximum absolute atomic E-state index is 13.4. The van der Waals surface area contributed by atoms with Gasteiger partial charge in [0.2, 0.25) is 10.0 Å². The van der Waals surface area contributed by atoms with Crippen molar-refractivity contribution < 1.29 is 13.2 Å². The molecule has 154 valence electrons.